The molecular formula is C13H16O. The zero-order valence-electron chi connectivity index (χ0n) is 8.79. The van der Waals surface area contributed by atoms with Crippen LogP contribution in [0, 0.1) is 0 Å². The average Bonchev–Trinajstić information content (AvgIpc) is 2.37. The van der Waals surface area contributed by atoms with E-state index < -0.39 is 0 Å². The van der Waals surface area contributed by atoms with Gasteiger partial charge in [0.2, 0.25) is 0 Å². The van der Waals surface area contributed by atoms with Gasteiger partial charge in [0.15, 0.2) is 0 Å². The zero-order chi connectivity index (χ0) is 9.71. The van der Waals surface area contributed by atoms with Crippen LogP contribution in [0.15, 0.2) is 18.2 Å². The average molecular weight is 188 g/mol. The molecule has 1 saturated carbocycles. The fourth-order valence-corrected chi connectivity index (χ4v) is 2.45. The van der Waals surface area contributed by atoms with E-state index in [0.29, 0.717) is 17.9 Å². The van der Waals surface area contributed by atoms with E-state index in [1.165, 1.54) is 24.0 Å². The third-order valence-corrected chi connectivity index (χ3v) is 3.59. The minimum absolute atomic E-state index is 0.507. The molecule has 2 atom stereocenters. The maximum atomic E-state index is 5.90. The summed E-state index contributed by atoms with van der Waals surface area (Å²) in [7, 11) is 0. The van der Waals surface area contributed by atoms with Crippen molar-refractivity contribution in [1.29, 1.82) is 0 Å². The van der Waals surface area contributed by atoms with Crippen molar-refractivity contribution in [2.24, 2.45) is 0 Å². The van der Waals surface area contributed by atoms with E-state index in [1.807, 2.05) is 0 Å². The summed E-state index contributed by atoms with van der Waals surface area (Å²) in [4.78, 5) is 0. The summed E-state index contributed by atoms with van der Waals surface area (Å²) in [5, 5.41) is 0. The highest BCUT2D eigenvalue weighted by molar-refractivity contribution is 5.46. The standard InChI is InChI=1S/C13H16O/c1-8(2)9-3-4-11-10-5-6-12(10)14-13(11)7-9/h3-4,7-8,10,12H,5-6H2,1-2H3. The van der Waals surface area contributed by atoms with Gasteiger partial charge in [-0.3, -0.25) is 0 Å². The Morgan fingerprint density at radius 3 is 2.79 bits per heavy atom. The summed E-state index contributed by atoms with van der Waals surface area (Å²) in [5.74, 6) is 2.47. The lowest BCUT2D eigenvalue weighted by Crippen LogP contribution is -2.28. The molecule has 0 radical (unpaired) electrons. The van der Waals surface area contributed by atoms with Gasteiger partial charge in [0.1, 0.15) is 11.9 Å². The van der Waals surface area contributed by atoms with Gasteiger partial charge >= 0.3 is 0 Å². The number of fused-ring (bicyclic) bond motifs is 3. The molecule has 0 amide bonds. The molecule has 1 aliphatic carbocycles. The van der Waals surface area contributed by atoms with Crippen LogP contribution >= 0.6 is 0 Å². The molecular weight excluding hydrogens is 172 g/mol. The van der Waals surface area contributed by atoms with Gasteiger partial charge in [0.05, 0.1) is 0 Å². The molecule has 1 fully saturated rings. The molecule has 3 rings (SSSR count). The minimum atomic E-state index is 0.507. The normalized spacial score (nSPS) is 27.9. The third-order valence-electron chi connectivity index (χ3n) is 3.59. The summed E-state index contributed by atoms with van der Waals surface area (Å²) in [6.07, 6.45) is 3.07. The summed E-state index contributed by atoms with van der Waals surface area (Å²) in [6, 6.07) is 6.76. The number of rotatable bonds is 1. The lowest BCUT2D eigenvalue weighted by molar-refractivity contribution is 0.125. The molecule has 14 heavy (non-hydrogen) atoms. The van der Waals surface area contributed by atoms with Crippen LogP contribution in [-0.4, -0.2) is 6.10 Å². The molecule has 74 valence electrons. The van der Waals surface area contributed by atoms with Crippen LogP contribution in [0.1, 0.15) is 49.7 Å². The summed E-state index contributed by atoms with van der Waals surface area (Å²) in [5.41, 5.74) is 2.84. The van der Waals surface area contributed by atoms with Gasteiger partial charge in [0, 0.05) is 11.5 Å². The zero-order valence-corrected chi connectivity index (χ0v) is 8.79. The van der Waals surface area contributed by atoms with Crippen molar-refractivity contribution < 1.29 is 4.74 Å². The second kappa shape index (κ2) is 2.75. The quantitative estimate of drug-likeness (QED) is 0.656. The smallest absolute Gasteiger partial charge is 0.123 e. The minimum Gasteiger partial charge on any atom is -0.489 e. The molecule has 0 aromatic heterocycles. The SMILES string of the molecule is CC(C)c1ccc2c(c1)OC1CCC21. The van der Waals surface area contributed by atoms with Crippen LogP contribution in [-0.2, 0) is 0 Å². The van der Waals surface area contributed by atoms with Gasteiger partial charge in [-0.2, -0.15) is 0 Å². The van der Waals surface area contributed by atoms with E-state index in [2.05, 4.69) is 32.0 Å². The molecule has 2 unspecified atom stereocenters. The summed E-state index contributed by atoms with van der Waals surface area (Å²) < 4.78 is 5.90. The molecule has 0 saturated heterocycles. The Morgan fingerprint density at radius 2 is 2.14 bits per heavy atom. The first-order valence-electron chi connectivity index (χ1n) is 5.56. The highest BCUT2D eigenvalue weighted by atomic mass is 16.5. The molecule has 1 heteroatoms. The first-order chi connectivity index (χ1) is 6.75. The van der Waals surface area contributed by atoms with E-state index >= 15 is 0 Å². The first-order valence-corrected chi connectivity index (χ1v) is 5.56. The molecule has 1 aromatic carbocycles. The van der Waals surface area contributed by atoms with E-state index in [1.54, 1.807) is 0 Å². The van der Waals surface area contributed by atoms with Crippen LogP contribution in [0.25, 0.3) is 0 Å². The van der Waals surface area contributed by atoms with E-state index in [4.69, 9.17) is 4.74 Å². The van der Waals surface area contributed by atoms with Gasteiger partial charge in [-0.15, -0.1) is 0 Å². The van der Waals surface area contributed by atoms with Crippen molar-refractivity contribution in [3.63, 3.8) is 0 Å². The number of benzene rings is 1. The predicted octanol–water partition coefficient (Wildman–Crippen LogP) is 3.45. The Morgan fingerprint density at radius 1 is 1.29 bits per heavy atom. The van der Waals surface area contributed by atoms with E-state index in [-0.39, 0.29) is 0 Å². The molecule has 1 aromatic rings. The fourth-order valence-electron chi connectivity index (χ4n) is 2.45. The fraction of sp³-hybridized carbons (Fsp3) is 0.538. The van der Waals surface area contributed by atoms with Gasteiger partial charge in [-0.05, 0) is 30.4 Å². The Kier molecular flexibility index (Phi) is 1.64. The molecule has 1 heterocycles. The summed E-state index contributed by atoms with van der Waals surface area (Å²) >= 11 is 0. The highest BCUT2D eigenvalue weighted by Crippen LogP contribution is 2.49. The number of hydrogen-bond donors (Lipinski definition) is 0. The molecule has 0 N–H and O–H groups in total. The number of hydrogen-bond acceptors (Lipinski definition) is 1. The third kappa shape index (κ3) is 1.01. The Labute approximate surface area is 85.1 Å². The molecule has 1 nitrogen and oxygen atoms in total. The van der Waals surface area contributed by atoms with Crippen molar-refractivity contribution in [1.82, 2.24) is 0 Å². The molecule has 0 bridgehead atoms. The molecule has 1 aliphatic heterocycles. The lowest BCUT2D eigenvalue weighted by Gasteiger charge is -2.28. The highest BCUT2D eigenvalue weighted by Gasteiger charge is 2.41. The Hall–Kier alpha value is -0.980. The van der Waals surface area contributed by atoms with Crippen molar-refractivity contribution in [2.75, 3.05) is 0 Å². The van der Waals surface area contributed by atoms with Crippen LogP contribution in [0.2, 0.25) is 0 Å². The van der Waals surface area contributed by atoms with Crippen molar-refractivity contribution in [3.05, 3.63) is 29.3 Å². The van der Waals surface area contributed by atoms with Crippen LogP contribution < -0.4 is 4.74 Å². The predicted molar refractivity (Wildman–Crippen MR) is 56.9 cm³/mol. The maximum Gasteiger partial charge on any atom is 0.123 e. The van der Waals surface area contributed by atoms with Gasteiger partial charge in [0.25, 0.3) is 0 Å². The topological polar surface area (TPSA) is 9.23 Å². The summed E-state index contributed by atoms with van der Waals surface area (Å²) in [6.45, 7) is 4.45. The monoisotopic (exact) mass is 188 g/mol. The molecule has 0 spiro atoms. The van der Waals surface area contributed by atoms with Crippen LogP contribution in [0.4, 0.5) is 0 Å². The van der Waals surface area contributed by atoms with Crippen LogP contribution in [0.3, 0.4) is 0 Å². The van der Waals surface area contributed by atoms with Crippen LogP contribution in [0.5, 0.6) is 5.75 Å². The second-order valence-corrected chi connectivity index (χ2v) is 4.79. The van der Waals surface area contributed by atoms with Crippen molar-refractivity contribution in [3.8, 4) is 5.75 Å². The Balaban J connectivity index is 2.01. The first kappa shape index (κ1) is 8.34. The maximum absolute atomic E-state index is 5.90. The lowest BCUT2D eigenvalue weighted by atomic mass is 9.78. The van der Waals surface area contributed by atoms with Crippen molar-refractivity contribution >= 4 is 0 Å². The Bertz CT molecular complexity index is 367. The van der Waals surface area contributed by atoms with Crippen molar-refractivity contribution in [2.45, 2.75) is 44.6 Å². The largest absolute Gasteiger partial charge is 0.489 e. The second-order valence-electron chi connectivity index (χ2n) is 4.79. The van der Waals surface area contributed by atoms with Gasteiger partial charge in [-0.25, -0.2) is 0 Å². The van der Waals surface area contributed by atoms with Gasteiger partial charge < -0.3 is 4.74 Å². The van der Waals surface area contributed by atoms with Gasteiger partial charge in [-0.1, -0.05) is 26.0 Å². The van der Waals surface area contributed by atoms with E-state index in [0.717, 1.165) is 5.75 Å². The molecule has 2 aliphatic rings. The van der Waals surface area contributed by atoms with E-state index in [9.17, 15) is 0 Å². The number of ether oxygens (including phenoxy) is 1.